The molecule has 2 heterocycles. The second kappa shape index (κ2) is 10.4. The van der Waals surface area contributed by atoms with Crippen LogP contribution in [-0.2, 0) is 14.9 Å². The van der Waals surface area contributed by atoms with Gasteiger partial charge >= 0.3 is 0 Å². The van der Waals surface area contributed by atoms with Gasteiger partial charge < -0.3 is 19.1 Å². The summed E-state index contributed by atoms with van der Waals surface area (Å²) in [6.07, 6.45) is 1.76. The topological polar surface area (TPSA) is 71.6 Å². The third kappa shape index (κ3) is 5.81. The molecule has 3 rings (SSSR count). The summed E-state index contributed by atoms with van der Waals surface area (Å²) in [4.78, 5) is 2.33. The molecule has 2 aliphatic heterocycles. The van der Waals surface area contributed by atoms with E-state index in [1.165, 1.54) is 0 Å². The molecular weight excluding hydrogens is 382 g/mol. The highest BCUT2D eigenvalue weighted by molar-refractivity contribution is 7.86. The van der Waals surface area contributed by atoms with Gasteiger partial charge in [-0.2, -0.15) is 17.0 Å². The maximum absolute atomic E-state index is 12.8. The Balaban J connectivity index is 1.39. The van der Waals surface area contributed by atoms with Crippen LogP contribution in [0.3, 0.4) is 0 Å². The van der Waals surface area contributed by atoms with E-state index in [-0.39, 0.29) is 0 Å². The molecule has 2 aliphatic rings. The Morgan fingerprint density at radius 1 is 0.929 bits per heavy atom. The van der Waals surface area contributed by atoms with Gasteiger partial charge in [0.05, 0.1) is 26.9 Å². The molecule has 158 valence electrons. The zero-order valence-corrected chi connectivity index (χ0v) is 17.4. The van der Waals surface area contributed by atoms with Crippen molar-refractivity contribution in [2.24, 2.45) is 0 Å². The van der Waals surface area contributed by atoms with Crippen molar-refractivity contribution < 1.29 is 22.6 Å². The summed E-state index contributed by atoms with van der Waals surface area (Å²) in [5.74, 6) is 1.65. The molecular formula is C19H31N3O5S. The van der Waals surface area contributed by atoms with Crippen LogP contribution < -0.4 is 9.47 Å². The van der Waals surface area contributed by atoms with Crippen molar-refractivity contribution in [2.75, 3.05) is 72.7 Å². The average Bonchev–Trinajstić information content (AvgIpc) is 2.98. The van der Waals surface area contributed by atoms with Crippen LogP contribution in [0.5, 0.6) is 11.5 Å². The summed E-state index contributed by atoms with van der Waals surface area (Å²) in [6, 6.07) is 7.57. The van der Waals surface area contributed by atoms with Crippen molar-refractivity contribution in [1.29, 1.82) is 0 Å². The lowest BCUT2D eigenvalue weighted by molar-refractivity contribution is 0.0702. The summed E-state index contributed by atoms with van der Waals surface area (Å²) in [6.45, 7) is 6.19. The highest BCUT2D eigenvalue weighted by atomic mass is 32.2. The molecule has 2 saturated heterocycles. The lowest BCUT2D eigenvalue weighted by Gasteiger charge is -2.31. The first kappa shape index (κ1) is 21.3. The van der Waals surface area contributed by atoms with Crippen molar-refractivity contribution in [3.05, 3.63) is 24.3 Å². The predicted molar refractivity (Wildman–Crippen MR) is 107 cm³/mol. The average molecular weight is 414 g/mol. The van der Waals surface area contributed by atoms with Crippen LogP contribution in [0.1, 0.15) is 12.8 Å². The lowest BCUT2D eigenvalue weighted by Crippen LogP contribution is -2.49. The number of rotatable bonds is 8. The van der Waals surface area contributed by atoms with Crippen molar-refractivity contribution >= 4 is 10.2 Å². The van der Waals surface area contributed by atoms with E-state index in [0.29, 0.717) is 46.0 Å². The third-order valence-electron chi connectivity index (χ3n) is 5.12. The molecule has 0 aliphatic carbocycles. The largest absolute Gasteiger partial charge is 0.497 e. The fraction of sp³-hybridized carbons (Fsp3) is 0.684. The molecule has 8 nitrogen and oxygen atoms in total. The first-order chi connectivity index (χ1) is 13.6. The summed E-state index contributed by atoms with van der Waals surface area (Å²) < 4.78 is 45.0. The SMILES string of the molecule is COc1ccc(OCCCN2CCCN(S(=O)(=O)N3CCOCC3)CC2)cc1. The van der Waals surface area contributed by atoms with Gasteiger partial charge in [-0.3, -0.25) is 0 Å². The molecule has 0 atom stereocenters. The smallest absolute Gasteiger partial charge is 0.282 e. The van der Waals surface area contributed by atoms with Gasteiger partial charge in [-0.05, 0) is 43.7 Å². The highest BCUT2D eigenvalue weighted by Crippen LogP contribution is 2.17. The Kier molecular flexibility index (Phi) is 7.92. The molecule has 9 heteroatoms. The molecule has 0 radical (unpaired) electrons. The quantitative estimate of drug-likeness (QED) is 0.594. The number of hydrogen-bond acceptors (Lipinski definition) is 6. The Bertz CT molecular complexity index is 692. The number of hydrogen-bond donors (Lipinski definition) is 0. The maximum Gasteiger partial charge on any atom is 0.282 e. The number of benzene rings is 1. The molecule has 0 aromatic heterocycles. The van der Waals surface area contributed by atoms with Gasteiger partial charge in [0.1, 0.15) is 11.5 Å². The summed E-state index contributed by atoms with van der Waals surface area (Å²) in [5, 5.41) is 0. The molecule has 0 N–H and O–H groups in total. The normalized spacial score (nSPS) is 20.6. The molecule has 1 aromatic carbocycles. The van der Waals surface area contributed by atoms with Crippen LogP contribution in [-0.4, -0.2) is 94.7 Å². The first-order valence-electron chi connectivity index (χ1n) is 9.92. The monoisotopic (exact) mass is 413 g/mol. The second-order valence-electron chi connectivity index (χ2n) is 6.99. The van der Waals surface area contributed by atoms with Crippen LogP contribution >= 0.6 is 0 Å². The van der Waals surface area contributed by atoms with Crippen molar-refractivity contribution in [1.82, 2.24) is 13.5 Å². The van der Waals surface area contributed by atoms with E-state index in [0.717, 1.165) is 44.0 Å². The minimum absolute atomic E-state index is 0.450. The van der Waals surface area contributed by atoms with E-state index in [2.05, 4.69) is 4.90 Å². The predicted octanol–water partition coefficient (Wildman–Crippen LogP) is 1.05. The number of morpholine rings is 1. The molecule has 28 heavy (non-hydrogen) atoms. The van der Waals surface area contributed by atoms with Crippen molar-refractivity contribution in [3.8, 4) is 11.5 Å². The summed E-state index contributed by atoms with van der Waals surface area (Å²) >= 11 is 0. The van der Waals surface area contributed by atoms with Gasteiger partial charge in [-0.1, -0.05) is 0 Å². The summed E-state index contributed by atoms with van der Waals surface area (Å²) in [5.41, 5.74) is 0. The number of nitrogens with zero attached hydrogens (tertiary/aromatic N) is 3. The molecule has 0 spiro atoms. The summed E-state index contributed by atoms with van der Waals surface area (Å²) in [7, 11) is -1.73. The Hall–Kier alpha value is -1.39. The van der Waals surface area contributed by atoms with Crippen molar-refractivity contribution in [3.63, 3.8) is 0 Å². The number of ether oxygens (including phenoxy) is 3. The first-order valence-corrected chi connectivity index (χ1v) is 11.3. The molecule has 0 bridgehead atoms. The highest BCUT2D eigenvalue weighted by Gasteiger charge is 2.31. The maximum atomic E-state index is 12.8. The van der Waals surface area contributed by atoms with Gasteiger partial charge in [0.15, 0.2) is 0 Å². The third-order valence-corrected chi connectivity index (χ3v) is 7.15. The fourth-order valence-electron chi connectivity index (χ4n) is 3.49. The van der Waals surface area contributed by atoms with Gasteiger partial charge in [0.2, 0.25) is 0 Å². The van der Waals surface area contributed by atoms with Gasteiger partial charge in [0.25, 0.3) is 10.2 Å². The minimum Gasteiger partial charge on any atom is -0.497 e. The number of methoxy groups -OCH3 is 1. The van der Waals surface area contributed by atoms with E-state index in [1.54, 1.807) is 15.7 Å². The Labute approximate surface area is 168 Å². The fourth-order valence-corrected chi connectivity index (χ4v) is 5.10. The molecule has 0 amide bonds. The zero-order chi connectivity index (χ0) is 19.8. The van der Waals surface area contributed by atoms with E-state index in [4.69, 9.17) is 14.2 Å². The Morgan fingerprint density at radius 3 is 2.32 bits per heavy atom. The minimum atomic E-state index is -3.37. The van der Waals surface area contributed by atoms with Crippen LogP contribution in [0.4, 0.5) is 0 Å². The van der Waals surface area contributed by atoms with Crippen LogP contribution in [0, 0.1) is 0 Å². The van der Waals surface area contributed by atoms with E-state index in [1.807, 2.05) is 24.3 Å². The standard InChI is InChI=1S/C19H31N3O5S/c1-25-18-4-6-19(7-5-18)27-15-3-9-20-8-2-10-21(12-11-20)28(23,24)22-13-16-26-17-14-22/h4-7H,2-3,8-17H2,1H3. The molecule has 0 saturated carbocycles. The van der Waals surface area contributed by atoms with Crippen molar-refractivity contribution in [2.45, 2.75) is 12.8 Å². The van der Waals surface area contributed by atoms with E-state index in [9.17, 15) is 8.42 Å². The van der Waals surface area contributed by atoms with Gasteiger partial charge in [-0.25, -0.2) is 0 Å². The van der Waals surface area contributed by atoms with Gasteiger partial charge in [0, 0.05) is 39.3 Å². The molecule has 0 unspecified atom stereocenters. The Morgan fingerprint density at radius 2 is 1.61 bits per heavy atom. The van der Waals surface area contributed by atoms with E-state index < -0.39 is 10.2 Å². The lowest BCUT2D eigenvalue weighted by atomic mass is 10.3. The second-order valence-corrected chi connectivity index (χ2v) is 8.92. The van der Waals surface area contributed by atoms with Crippen LogP contribution in [0.2, 0.25) is 0 Å². The van der Waals surface area contributed by atoms with Crippen LogP contribution in [0.15, 0.2) is 24.3 Å². The molecule has 2 fully saturated rings. The van der Waals surface area contributed by atoms with Crippen LogP contribution in [0.25, 0.3) is 0 Å². The van der Waals surface area contributed by atoms with E-state index >= 15 is 0 Å². The molecule has 1 aromatic rings. The zero-order valence-electron chi connectivity index (χ0n) is 16.6. The van der Waals surface area contributed by atoms with Gasteiger partial charge in [-0.15, -0.1) is 0 Å².